The Morgan fingerprint density at radius 1 is 0.478 bits per heavy atom. The van der Waals surface area contributed by atoms with Crippen molar-refractivity contribution in [2.75, 3.05) is 0 Å². The predicted molar refractivity (Wildman–Crippen MR) is 90.0 cm³/mol. The summed E-state index contributed by atoms with van der Waals surface area (Å²) in [6.07, 6.45) is 0. The Balaban J connectivity index is 2.41. The standard InChI is InChI=1S/3C6H5.CF3.Pb/c3*1-2-4-6-5-3-1;2-1(3)4;/h3*1-5H;;. The van der Waals surface area contributed by atoms with Gasteiger partial charge in [-0.15, -0.1) is 0 Å². The number of benzene rings is 3. The predicted octanol–water partition coefficient (Wildman–Crippen LogP) is 3.26. The average molecular weight is 508 g/mol. The maximum atomic E-state index is 14.5. The molecule has 3 rings (SSSR count). The van der Waals surface area contributed by atoms with Crippen LogP contribution < -0.4 is 9.37 Å². The summed E-state index contributed by atoms with van der Waals surface area (Å²) in [4.78, 5) is 0. The number of rotatable bonds is 3. The zero-order valence-corrected chi connectivity index (χ0v) is 16.2. The zero-order chi connectivity index (χ0) is 16.3. The molecule has 0 nitrogen and oxygen atoms in total. The Hall–Kier alpha value is -1.63. The van der Waals surface area contributed by atoms with E-state index in [4.69, 9.17) is 0 Å². The molecule has 0 spiro atoms. The van der Waals surface area contributed by atoms with Crippen molar-refractivity contribution in [3.63, 3.8) is 0 Å². The SMILES string of the molecule is F[C](F)(F)[Pb]([c]1ccccc1)([c]1ccccc1)[c]1ccccc1. The van der Waals surface area contributed by atoms with E-state index in [2.05, 4.69) is 0 Å². The molecule has 0 aliphatic rings. The van der Waals surface area contributed by atoms with Gasteiger partial charge >= 0.3 is 138 Å². The van der Waals surface area contributed by atoms with Crippen molar-refractivity contribution in [2.24, 2.45) is 0 Å². The molecule has 0 aromatic heterocycles. The quantitative estimate of drug-likeness (QED) is 0.478. The molecule has 23 heavy (non-hydrogen) atoms. The third-order valence-electron chi connectivity index (χ3n) is 4.05. The van der Waals surface area contributed by atoms with Crippen LogP contribution in [0.1, 0.15) is 0 Å². The van der Waals surface area contributed by atoms with Gasteiger partial charge in [0, 0.05) is 0 Å². The molecule has 0 aliphatic heterocycles. The van der Waals surface area contributed by atoms with Crippen molar-refractivity contribution in [1.29, 1.82) is 0 Å². The second kappa shape index (κ2) is 6.47. The van der Waals surface area contributed by atoms with Crippen LogP contribution in [0, 0.1) is 0 Å². The molecule has 0 saturated carbocycles. The summed E-state index contributed by atoms with van der Waals surface area (Å²) >= 11 is -5.29. The molecule has 0 N–H and O–H groups in total. The summed E-state index contributed by atoms with van der Waals surface area (Å²) in [5.41, 5.74) is 0. The molecular formula is C19H15F3Pb. The van der Waals surface area contributed by atoms with E-state index in [-0.39, 0.29) is 0 Å². The topological polar surface area (TPSA) is 0 Å². The van der Waals surface area contributed by atoms with Crippen LogP contribution in [0.4, 0.5) is 13.2 Å². The molecule has 0 bridgehead atoms. The van der Waals surface area contributed by atoms with E-state index in [0.717, 1.165) is 0 Å². The van der Waals surface area contributed by atoms with Gasteiger partial charge in [-0.05, 0) is 0 Å². The minimum atomic E-state index is -5.29. The van der Waals surface area contributed by atoms with Crippen LogP contribution in [-0.4, -0.2) is 24.9 Å². The van der Waals surface area contributed by atoms with Crippen molar-refractivity contribution in [2.45, 2.75) is 3.74 Å². The number of hydrogen-bond donors (Lipinski definition) is 0. The van der Waals surface area contributed by atoms with E-state index in [1.54, 1.807) is 91.0 Å². The van der Waals surface area contributed by atoms with Gasteiger partial charge in [-0.2, -0.15) is 0 Å². The molecule has 0 amide bonds. The van der Waals surface area contributed by atoms with Crippen molar-refractivity contribution >= 4 is 30.5 Å². The Morgan fingerprint density at radius 2 is 0.739 bits per heavy atom. The average Bonchev–Trinajstić information content (AvgIpc) is 2.57. The Morgan fingerprint density at radius 3 is 0.957 bits per heavy atom. The monoisotopic (exact) mass is 508 g/mol. The van der Waals surface area contributed by atoms with Crippen LogP contribution in [0.15, 0.2) is 91.0 Å². The van der Waals surface area contributed by atoms with Gasteiger partial charge in [0.15, 0.2) is 0 Å². The number of hydrogen-bond acceptors (Lipinski definition) is 0. The normalized spacial score (nSPS) is 12.1. The van der Waals surface area contributed by atoms with E-state index < -0.39 is 24.9 Å². The van der Waals surface area contributed by atoms with Gasteiger partial charge < -0.3 is 0 Å². The molecule has 0 radical (unpaired) electrons. The first-order valence-electron chi connectivity index (χ1n) is 7.30. The third-order valence-corrected chi connectivity index (χ3v) is 21.3. The number of alkyl halides is 3. The van der Waals surface area contributed by atoms with Gasteiger partial charge in [0.2, 0.25) is 0 Å². The fraction of sp³-hybridized carbons (Fsp3) is 0.0526. The summed E-state index contributed by atoms with van der Waals surface area (Å²) in [5.74, 6) is 0. The second-order valence-corrected chi connectivity index (χ2v) is 20.1. The summed E-state index contributed by atoms with van der Waals surface area (Å²) in [7, 11) is 0. The number of halogens is 3. The molecule has 0 fully saturated rings. The molecule has 4 heteroatoms. The van der Waals surface area contributed by atoms with Gasteiger partial charge in [0.1, 0.15) is 0 Å². The van der Waals surface area contributed by atoms with E-state index in [1.807, 2.05) is 0 Å². The van der Waals surface area contributed by atoms with Crippen LogP contribution in [0.3, 0.4) is 0 Å². The van der Waals surface area contributed by atoms with E-state index in [9.17, 15) is 13.2 Å². The van der Waals surface area contributed by atoms with Gasteiger partial charge in [-0.25, -0.2) is 0 Å². The molecule has 0 saturated heterocycles. The van der Waals surface area contributed by atoms with Gasteiger partial charge in [0.05, 0.1) is 0 Å². The van der Waals surface area contributed by atoms with Crippen LogP contribution in [0.2, 0.25) is 0 Å². The molecular weight excluding hydrogens is 492 g/mol. The maximum absolute atomic E-state index is 14.5. The molecule has 0 atom stereocenters. The van der Waals surface area contributed by atoms with Gasteiger partial charge in [0.25, 0.3) is 0 Å². The van der Waals surface area contributed by atoms with Crippen molar-refractivity contribution < 1.29 is 13.2 Å². The van der Waals surface area contributed by atoms with Crippen LogP contribution in [-0.2, 0) is 0 Å². The summed E-state index contributed by atoms with van der Waals surface area (Å²) in [6.45, 7) is 0. The van der Waals surface area contributed by atoms with Crippen LogP contribution in [0.5, 0.6) is 0 Å². The molecule has 3 aromatic carbocycles. The van der Waals surface area contributed by atoms with Crippen LogP contribution >= 0.6 is 0 Å². The molecule has 0 heterocycles. The Kier molecular flexibility index (Phi) is 4.57. The van der Waals surface area contributed by atoms with Gasteiger partial charge in [-0.1, -0.05) is 0 Å². The fourth-order valence-electron chi connectivity index (χ4n) is 3.06. The van der Waals surface area contributed by atoms with Crippen molar-refractivity contribution in [3.05, 3.63) is 91.0 Å². The first-order chi connectivity index (χ1) is 11.1. The first kappa shape index (κ1) is 16.2. The molecule has 0 unspecified atom stereocenters. The third kappa shape index (κ3) is 2.82. The summed E-state index contributed by atoms with van der Waals surface area (Å²) in [6, 6.07) is 25.3. The minimum absolute atomic E-state index is 0.435. The van der Waals surface area contributed by atoms with E-state index in [0.29, 0.717) is 9.37 Å². The second-order valence-electron chi connectivity index (χ2n) is 5.35. The first-order valence-corrected chi connectivity index (χ1v) is 15.1. The molecule has 3 aromatic rings. The van der Waals surface area contributed by atoms with Gasteiger partial charge in [-0.3, -0.25) is 0 Å². The fourth-order valence-corrected chi connectivity index (χ4v) is 18.8. The van der Waals surface area contributed by atoms with Crippen LogP contribution in [0.25, 0.3) is 0 Å². The zero-order valence-electron chi connectivity index (χ0n) is 12.3. The van der Waals surface area contributed by atoms with Crippen molar-refractivity contribution in [1.82, 2.24) is 0 Å². The Labute approximate surface area is 138 Å². The molecule has 116 valence electrons. The summed E-state index contributed by atoms with van der Waals surface area (Å²) in [5, 5.41) is 0. The van der Waals surface area contributed by atoms with Crippen molar-refractivity contribution in [3.8, 4) is 0 Å². The van der Waals surface area contributed by atoms with E-state index in [1.165, 1.54) is 0 Å². The van der Waals surface area contributed by atoms with E-state index >= 15 is 0 Å². The Bertz CT molecular complexity index is 656. The summed E-state index contributed by atoms with van der Waals surface area (Å²) < 4.78 is 40.6. The molecule has 0 aliphatic carbocycles.